The van der Waals surface area contributed by atoms with Crippen molar-refractivity contribution < 1.29 is 0 Å². The monoisotopic (exact) mass is 278 g/mol. The Balaban J connectivity index is 2.01. The van der Waals surface area contributed by atoms with Gasteiger partial charge in [-0.05, 0) is 31.1 Å². The zero-order chi connectivity index (χ0) is 13.7. The van der Waals surface area contributed by atoms with Crippen LogP contribution in [0.5, 0.6) is 0 Å². The molecule has 1 aliphatic heterocycles. The Bertz CT molecular complexity index is 384. The molecule has 106 valence electrons. The van der Waals surface area contributed by atoms with E-state index >= 15 is 0 Å². The molecule has 3 heteroatoms. The molecule has 0 saturated carbocycles. The lowest BCUT2D eigenvalue weighted by Gasteiger charge is -2.35. The lowest BCUT2D eigenvalue weighted by atomic mass is 10.0. The van der Waals surface area contributed by atoms with Crippen molar-refractivity contribution in [3.8, 4) is 0 Å². The lowest BCUT2D eigenvalue weighted by Crippen LogP contribution is -2.39. The highest BCUT2D eigenvalue weighted by atomic mass is 32.2. The minimum Gasteiger partial charge on any atom is -0.319 e. The van der Waals surface area contributed by atoms with Crippen molar-refractivity contribution in [1.29, 1.82) is 0 Å². The average molecular weight is 278 g/mol. The van der Waals surface area contributed by atoms with E-state index in [0.717, 1.165) is 30.0 Å². The van der Waals surface area contributed by atoms with Crippen molar-refractivity contribution in [2.75, 3.05) is 26.7 Å². The first kappa shape index (κ1) is 14.9. The van der Waals surface area contributed by atoms with Crippen LogP contribution in [-0.2, 0) is 13.0 Å². The maximum absolute atomic E-state index is 3.24. The highest BCUT2D eigenvalue weighted by Crippen LogP contribution is 2.26. The summed E-state index contributed by atoms with van der Waals surface area (Å²) in [4.78, 5) is 2.62. The number of thioether (sulfide) groups is 1. The van der Waals surface area contributed by atoms with Gasteiger partial charge in [-0.3, -0.25) is 4.90 Å². The summed E-state index contributed by atoms with van der Waals surface area (Å²) in [6.07, 6.45) is 1.13. The smallest absolute Gasteiger partial charge is 0.0237 e. The summed E-state index contributed by atoms with van der Waals surface area (Å²) in [5.74, 6) is 0. The van der Waals surface area contributed by atoms with Gasteiger partial charge in [-0.1, -0.05) is 38.1 Å². The summed E-state index contributed by atoms with van der Waals surface area (Å²) in [6, 6.07) is 8.90. The molecule has 1 N–H and O–H groups in total. The van der Waals surface area contributed by atoms with Gasteiger partial charge in [0.05, 0.1) is 0 Å². The normalized spacial score (nSPS) is 24.6. The van der Waals surface area contributed by atoms with Gasteiger partial charge in [0.2, 0.25) is 0 Å². The third kappa shape index (κ3) is 4.51. The molecule has 0 bridgehead atoms. The van der Waals surface area contributed by atoms with Crippen molar-refractivity contribution in [2.24, 2.45) is 0 Å². The SMILES string of the molecule is CNCCc1ccccc1CN1CC(C)SC(C)C1. The molecule has 0 spiro atoms. The van der Waals surface area contributed by atoms with Crippen LogP contribution < -0.4 is 5.32 Å². The third-order valence-electron chi connectivity index (χ3n) is 3.65. The van der Waals surface area contributed by atoms with Gasteiger partial charge < -0.3 is 5.32 Å². The minimum absolute atomic E-state index is 0.758. The molecule has 2 nitrogen and oxygen atoms in total. The zero-order valence-corrected chi connectivity index (χ0v) is 13.2. The Kier molecular flexibility index (Phi) is 5.74. The number of hydrogen-bond donors (Lipinski definition) is 1. The van der Waals surface area contributed by atoms with E-state index in [1.54, 1.807) is 0 Å². The molecule has 1 heterocycles. The van der Waals surface area contributed by atoms with E-state index in [0.29, 0.717) is 0 Å². The molecular formula is C16H26N2S. The van der Waals surface area contributed by atoms with E-state index < -0.39 is 0 Å². The number of hydrogen-bond acceptors (Lipinski definition) is 3. The van der Waals surface area contributed by atoms with Crippen LogP contribution in [0.1, 0.15) is 25.0 Å². The first-order valence-electron chi connectivity index (χ1n) is 7.28. The molecule has 1 aromatic carbocycles. The molecule has 2 rings (SSSR count). The summed E-state index contributed by atoms with van der Waals surface area (Å²) in [5.41, 5.74) is 3.00. The van der Waals surface area contributed by atoms with Crippen molar-refractivity contribution in [3.63, 3.8) is 0 Å². The summed E-state index contributed by atoms with van der Waals surface area (Å²) in [6.45, 7) is 9.29. The van der Waals surface area contributed by atoms with Crippen LogP contribution in [0.25, 0.3) is 0 Å². The van der Waals surface area contributed by atoms with E-state index in [1.165, 1.54) is 24.2 Å². The Labute approximate surface area is 122 Å². The van der Waals surface area contributed by atoms with Gasteiger partial charge in [0.15, 0.2) is 0 Å². The van der Waals surface area contributed by atoms with Gasteiger partial charge in [-0.15, -0.1) is 0 Å². The summed E-state index contributed by atoms with van der Waals surface area (Å²) >= 11 is 2.12. The highest BCUT2D eigenvalue weighted by molar-refractivity contribution is 8.00. The van der Waals surface area contributed by atoms with E-state index in [4.69, 9.17) is 0 Å². The second kappa shape index (κ2) is 7.32. The molecular weight excluding hydrogens is 252 g/mol. The van der Waals surface area contributed by atoms with E-state index in [-0.39, 0.29) is 0 Å². The Morgan fingerprint density at radius 1 is 1.16 bits per heavy atom. The van der Waals surface area contributed by atoms with Crippen LogP contribution in [0.2, 0.25) is 0 Å². The molecule has 1 aromatic rings. The van der Waals surface area contributed by atoms with Gasteiger partial charge in [0, 0.05) is 30.1 Å². The van der Waals surface area contributed by atoms with Crippen molar-refractivity contribution in [2.45, 2.75) is 37.3 Å². The molecule has 1 aliphatic rings. The summed E-state index contributed by atoms with van der Waals surface area (Å²) in [5, 5.41) is 4.76. The van der Waals surface area contributed by atoms with Crippen LogP contribution in [0, 0.1) is 0 Å². The number of benzene rings is 1. The third-order valence-corrected chi connectivity index (χ3v) is 4.88. The predicted molar refractivity (Wildman–Crippen MR) is 85.9 cm³/mol. The van der Waals surface area contributed by atoms with Gasteiger partial charge in [-0.2, -0.15) is 11.8 Å². The maximum Gasteiger partial charge on any atom is 0.0237 e. The predicted octanol–water partition coefficient (Wildman–Crippen LogP) is 2.77. The van der Waals surface area contributed by atoms with Gasteiger partial charge in [-0.25, -0.2) is 0 Å². The first-order valence-corrected chi connectivity index (χ1v) is 8.22. The van der Waals surface area contributed by atoms with E-state index in [9.17, 15) is 0 Å². The van der Waals surface area contributed by atoms with Crippen LogP contribution in [0.4, 0.5) is 0 Å². The molecule has 0 aliphatic carbocycles. The number of rotatable bonds is 5. The average Bonchev–Trinajstić information content (AvgIpc) is 2.36. The fourth-order valence-corrected chi connectivity index (χ4v) is 4.26. The van der Waals surface area contributed by atoms with Crippen LogP contribution in [0.15, 0.2) is 24.3 Å². The standard InChI is InChI=1S/C16H26N2S/c1-13-10-18(11-14(2)19-13)12-16-7-5-4-6-15(16)8-9-17-3/h4-7,13-14,17H,8-12H2,1-3H3. The highest BCUT2D eigenvalue weighted by Gasteiger charge is 2.22. The number of nitrogens with one attached hydrogen (secondary N) is 1. The number of nitrogens with zero attached hydrogens (tertiary/aromatic N) is 1. The molecule has 2 atom stereocenters. The molecule has 19 heavy (non-hydrogen) atoms. The van der Waals surface area contributed by atoms with E-state index in [1.807, 2.05) is 7.05 Å². The van der Waals surface area contributed by atoms with Crippen LogP contribution in [-0.4, -0.2) is 42.1 Å². The van der Waals surface area contributed by atoms with Crippen molar-refractivity contribution in [1.82, 2.24) is 10.2 Å². The topological polar surface area (TPSA) is 15.3 Å². The largest absolute Gasteiger partial charge is 0.319 e. The zero-order valence-electron chi connectivity index (χ0n) is 12.4. The van der Waals surface area contributed by atoms with Gasteiger partial charge >= 0.3 is 0 Å². The molecule has 1 fully saturated rings. The first-order chi connectivity index (χ1) is 9.19. The second-order valence-electron chi connectivity index (χ2n) is 5.57. The minimum atomic E-state index is 0.758. The maximum atomic E-state index is 3.24. The van der Waals surface area contributed by atoms with Crippen molar-refractivity contribution in [3.05, 3.63) is 35.4 Å². The van der Waals surface area contributed by atoms with Gasteiger partial charge in [0.25, 0.3) is 0 Å². The van der Waals surface area contributed by atoms with E-state index in [2.05, 4.69) is 60.1 Å². The van der Waals surface area contributed by atoms with Crippen LogP contribution >= 0.6 is 11.8 Å². The molecule has 0 amide bonds. The van der Waals surface area contributed by atoms with Gasteiger partial charge in [0.1, 0.15) is 0 Å². The van der Waals surface area contributed by atoms with Crippen molar-refractivity contribution >= 4 is 11.8 Å². The molecule has 1 saturated heterocycles. The number of likely N-dealkylation sites (N-methyl/N-ethyl adjacent to an activating group) is 1. The Morgan fingerprint density at radius 2 is 1.79 bits per heavy atom. The fourth-order valence-electron chi connectivity index (χ4n) is 2.87. The molecule has 2 unspecified atom stereocenters. The lowest BCUT2D eigenvalue weighted by molar-refractivity contribution is 0.262. The Morgan fingerprint density at radius 3 is 2.42 bits per heavy atom. The Hall–Kier alpha value is -0.510. The second-order valence-corrected chi connectivity index (χ2v) is 7.46. The molecule has 0 radical (unpaired) electrons. The quantitative estimate of drug-likeness (QED) is 0.891. The summed E-state index contributed by atoms with van der Waals surface area (Å²) < 4.78 is 0. The van der Waals surface area contributed by atoms with Crippen LogP contribution in [0.3, 0.4) is 0 Å². The summed E-state index contributed by atoms with van der Waals surface area (Å²) in [7, 11) is 2.02. The molecule has 0 aromatic heterocycles. The fraction of sp³-hybridized carbons (Fsp3) is 0.625.